The zero-order valence-electron chi connectivity index (χ0n) is 9.75. The molecule has 88 valence electrons. The Balaban J connectivity index is 2.04. The SMILES string of the molecule is CC(O)(Cc1ccc(F)cc1)C1CCCC1. The van der Waals surface area contributed by atoms with Gasteiger partial charge in [-0.2, -0.15) is 0 Å². The van der Waals surface area contributed by atoms with Crippen molar-refractivity contribution in [2.75, 3.05) is 0 Å². The van der Waals surface area contributed by atoms with Crippen LogP contribution in [0.3, 0.4) is 0 Å². The molecule has 1 unspecified atom stereocenters. The molecule has 0 bridgehead atoms. The summed E-state index contributed by atoms with van der Waals surface area (Å²) in [7, 11) is 0. The average molecular weight is 222 g/mol. The van der Waals surface area contributed by atoms with Gasteiger partial charge in [0.15, 0.2) is 0 Å². The summed E-state index contributed by atoms with van der Waals surface area (Å²) in [6, 6.07) is 6.44. The van der Waals surface area contributed by atoms with E-state index in [0.717, 1.165) is 18.4 Å². The molecule has 0 aromatic heterocycles. The maximum atomic E-state index is 12.8. The van der Waals surface area contributed by atoms with Crippen LogP contribution < -0.4 is 0 Å². The van der Waals surface area contributed by atoms with E-state index in [9.17, 15) is 9.50 Å². The summed E-state index contributed by atoms with van der Waals surface area (Å²) in [5, 5.41) is 10.4. The lowest BCUT2D eigenvalue weighted by atomic mass is 9.83. The lowest BCUT2D eigenvalue weighted by Crippen LogP contribution is -2.35. The number of hydrogen-bond acceptors (Lipinski definition) is 1. The van der Waals surface area contributed by atoms with E-state index in [0.29, 0.717) is 12.3 Å². The highest BCUT2D eigenvalue weighted by molar-refractivity contribution is 5.18. The minimum Gasteiger partial charge on any atom is -0.390 e. The van der Waals surface area contributed by atoms with Crippen LogP contribution in [0, 0.1) is 11.7 Å². The molecule has 2 heteroatoms. The van der Waals surface area contributed by atoms with E-state index in [-0.39, 0.29) is 5.82 Å². The Bertz CT molecular complexity index is 336. The van der Waals surface area contributed by atoms with Gasteiger partial charge in [0.05, 0.1) is 5.60 Å². The molecule has 1 aliphatic rings. The van der Waals surface area contributed by atoms with E-state index in [1.54, 1.807) is 12.1 Å². The summed E-state index contributed by atoms with van der Waals surface area (Å²) < 4.78 is 12.8. The van der Waals surface area contributed by atoms with Crippen LogP contribution in [0.15, 0.2) is 24.3 Å². The van der Waals surface area contributed by atoms with Crippen molar-refractivity contribution in [1.82, 2.24) is 0 Å². The molecule has 1 atom stereocenters. The number of rotatable bonds is 3. The normalized spacial score (nSPS) is 20.9. The van der Waals surface area contributed by atoms with Crippen LogP contribution in [0.1, 0.15) is 38.2 Å². The van der Waals surface area contributed by atoms with E-state index in [2.05, 4.69) is 0 Å². The molecule has 1 N–H and O–H groups in total. The summed E-state index contributed by atoms with van der Waals surface area (Å²) in [4.78, 5) is 0. The van der Waals surface area contributed by atoms with E-state index >= 15 is 0 Å². The Morgan fingerprint density at radius 2 is 1.81 bits per heavy atom. The van der Waals surface area contributed by atoms with Crippen molar-refractivity contribution in [3.8, 4) is 0 Å². The van der Waals surface area contributed by atoms with Gasteiger partial charge in [-0.05, 0) is 43.4 Å². The molecule has 0 radical (unpaired) electrons. The highest BCUT2D eigenvalue weighted by atomic mass is 19.1. The molecule has 1 saturated carbocycles. The largest absolute Gasteiger partial charge is 0.390 e. The van der Waals surface area contributed by atoms with Crippen molar-refractivity contribution in [3.63, 3.8) is 0 Å². The molecule has 1 aromatic carbocycles. The minimum absolute atomic E-state index is 0.218. The molecule has 1 fully saturated rings. The maximum Gasteiger partial charge on any atom is 0.123 e. The molecular weight excluding hydrogens is 203 g/mol. The molecule has 1 aromatic rings. The first-order chi connectivity index (χ1) is 7.58. The first-order valence-electron chi connectivity index (χ1n) is 6.05. The smallest absolute Gasteiger partial charge is 0.123 e. The molecular formula is C14H19FO. The molecule has 16 heavy (non-hydrogen) atoms. The number of benzene rings is 1. The van der Waals surface area contributed by atoms with Gasteiger partial charge in [0.25, 0.3) is 0 Å². The van der Waals surface area contributed by atoms with Crippen LogP contribution in [0.4, 0.5) is 4.39 Å². The van der Waals surface area contributed by atoms with E-state index < -0.39 is 5.60 Å². The van der Waals surface area contributed by atoms with Gasteiger partial charge < -0.3 is 5.11 Å². The summed E-state index contributed by atoms with van der Waals surface area (Å²) >= 11 is 0. The molecule has 0 aliphatic heterocycles. The fourth-order valence-electron chi connectivity index (χ4n) is 2.71. The highest BCUT2D eigenvalue weighted by Crippen LogP contribution is 2.35. The van der Waals surface area contributed by atoms with Crippen LogP contribution in [0.25, 0.3) is 0 Å². The van der Waals surface area contributed by atoms with Crippen LogP contribution in [-0.4, -0.2) is 10.7 Å². The molecule has 0 spiro atoms. The van der Waals surface area contributed by atoms with Gasteiger partial charge in [-0.3, -0.25) is 0 Å². The lowest BCUT2D eigenvalue weighted by Gasteiger charge is -2.30. The van der Waals surface area contributed by atoms with Gasteiger partial charge in [0, 0.05) is 6.42 Å². The van der Waals surface area contributed by atoms with E-state index in [4.69, 9.17) is 0 Å². The zero-order chi connectivity index (χ0) is 11.6. The average Bonchev–Trinajstić information content (AvgIpc) is 2.75. The van der Waals surface area contributed by atoms with Gasteiger partial charge in [-0.1, -0.05) is 25.0 Å². The van der Waals surface area contributed by atoms with Crippen LogP contribution >= 0.6 is 0 Å². The Labute approximate surface area is 96.3 Å². The summed E-state index contributed by atoms with van der Waals surface area (Å²) in [6.07, 6.45) is 5.31. The topological polar surface area (TPSA) is 20.2 Å². The molecule has 2 rings (SSSR count). The summed E-state index contributed by atoms with van der Waals surface area (Å²) in [6.45, 7) is 1.91. The minimum atomic E-state index is -0.645. The zero-order valence-corrected chi connectivity index (χ0v) is 9.75. The maximum absolute atomic E-state index is 12.8. The molecule has 0 heterocycles. The summed E-state index contributed by atoms with van der Waals surface area (Å²) in [5.74, 6) is 0.182. The standard InChI is InChI=1S/C14H19FO/c1-14(16,12-4-2-3-5-12)10-11-6-8-13(15)9-7-11/h6-9,12,16H,2-5,10H2,1H3. The molecule has 1 aliphatic carbocycles. The van der Waals surface area contributed by atoms with Crippen molar-refractivity contribution in [1.29, 1.82) is 0 Å². The quantitative estimate of drug-likeness (QED) is 0.832. The third kappa shape index (κ3) is 2.62. The first-order valence-corrected chi connectivity index (χ1v) is 6.05. The number of hydrogen-bond donors (Lipinski definition) is 1. The van der Waals surface area contributed by atoms with E-state index in [1.165, 1.54) is 25.0 Å². The lowest BCUT2D eigenvalue weighted by molar-refractivity contribution is 0.00192. The van der Waals surface area contributed by atoms with Crippen LogP contribution in [0.5, 0.6) is 0 Å². The fourth-order valence-corrected chi connectivity index (χ4v) is 2.71. The molecule has 1 nitrogen and oxygen atoms in total. The van der Waals surface area contributed by atoms with Crippen molar-refractivity contribution in [2.45, 2.75) is 44.6 Å². The van der Waals surface area contributed by atoms with E-state index in [1.807, 2.05) is 6.92 Å². The van der Waals surface area contributed by atoms with Gasteiger partial charge in [-0.15, -0.1) is 0 Å². The predicted molar refractivity (Wildman–Crippen MR) is 62.7 cm³/mol. The first kappa shape index (κ1) is 11.6. The van der Waals surface area contributed by atoms with Gasteiger partial charge in [0.1, 0.15) is 5.82 Å². The second-order valence-corrected chi connectivity index (χ2v) is 5.14. The van der Waals surface area contributed by atoms with Crippen molar-refractivity contribution >= 4 is 0 Å². The van der Waals surface area contributed by atoms with Crippen molar-refractivity contribution in [2.24, 2.45) is 5.92 Å². The number of aliphatic hydroxyl groups is 1. The monoisotopic (exact) mass is 222 g/mol. The highest BCUT2D eigenvalue weighted by Gasteiger charge is 2.33. The third-order valence-electron chi connectivity index (χ3n) is 3.71. The Hall–Kier alpha value is -0.890. The Kier molecular flexibility index (Phi) is 3.29. The van der Waals surface area contributed by atoms with Gasteiger partial charge >= 0.3 is 0 Å². The Morgan fingerprint density at radius 3 is 2.38 bits per heavy atom. The van der Waals surface area contributed by atoms with Crippen molar-refractivity contribution in [3.05, 3.63) is 35.6 Å². The van der Waals surface area contributed by atoms with Gasteiger partial charge in [-0.25, -0.2) is 4.39 Å². The summed E-state index contributed by atoms with van der Waals surface area (Å²) in [5.41, 5.74) is 0.368. The fraction of sp³-hybridized carbons (Fsp3) is 0.571. The van der Waals surface area contributed by atoms with Crippen LogP contribution in [-0.2, 0) is 6.42 Å². The second kappa shape index (κ2) is 4.54. The second-order valence-electron chi connectivity index (χ2n) is 5.14. The van der Waals surface area contributed by atoms with Crippen molar-refractivity contribution < 1.29 is 9.50 Å². The Morgan fingerprint density at radius 1 is 1.25 bits per heavy atom. The molecule has 0 saturated heterocycles. The number of halogens is 1. The predicted octanol–water partition coefficient (Wildman–Crippen LogP) is 3.31. The molecule has 0 amide bonds. The van der Waals surface area contributed by atoms with Crippen LogP contribution in [0.2, 0.25) is 0 Å². The van der Waals surface area contributed by atoms with Gasteiger partial charge in [0.2, 0.25) is 0 Å². The third-order valence-corrected chi connectivity index (χ3v) is 3.71.